The maximum Gasteiger partial charge on any atom is 0.253 e. The summed E-state index contributed by atoms with van der Waals surface area (Å²) in [6.07, 6.45) is 1.62. The first-order valence-electron chi connectivity index (χ1n) is 7.62. The van der Waals surface area contributed by atoms with Gasteiger partial charge in [-0.3, -0.25) is 4.79 Å². The van der Waals surface area contributed by atoms with Crippen LogP contribution in [0, 0.1) is 0 Å². The molecule has 0 fully saturated rings. The van der Waals surface area contributed by atoms with E-state index in [1.807, 2.05) is 18.2 Å². The van der Waals surface area contributed by atoms with E-state index in [-0.39, 0.29) is 5.56 Å². The zero-order valence-electron chi connectivity index (χ0n) is 13.3. The van der Waals surface area contributed by atoms with Crippen molar-refractivity contribution in [1.82, 2.24) is 10.1 Å². The number of aromatic nitrogens is 2. The fourth-order valence-corrected chi connectivity index (χ4v) is 2.94. The summed E-state index contributed by atoms with van der Waals surface area (Å²) in [5, 5.41) is 9.34. The van der Waals surface area contributed by atoms with Gasteiger partial charge in [0, 0.05) is 45.2 Å². The molecular formula is C18H14ClN3O3. The molecule has 2 N–H and O–H groups in total. The minimum atomic E-state index is -0.139. The molecule has 7 heteroatoms. The van der Waals surface area contributed by atoms with Gasteiger partial charge in [-0.05, 0) is 30.3 Å². The SMILES string of the molecule is COc1cc(NCc2cc3cc(Cl)ccc3[nH]c2=O)cc2cnoc12. The van der Waals surface area contributed by atoms with E-state index in [4.69, 9.17) is 20.9 Å². The quantitative estimate of drug-likeness (QED) is 0.579. The van der Waals surface area contributed by atoms with Crippen molar-refractivity contribution in [1.29, 1.82) is 0 Å². The molecular weight excluding hydrogens is 342 g/mol. The van der Waals surface area contributed by atoms with Gasteiger partial charge in [0.1, 0.15) is 0 Å². The summed E-state index contributed by atoms with van der Waals surface area (Å²) < 4.78 is 10.5. The Morgan fingerprint density at radius 2 is 2.12 bits per heavy atom. The van der Waals surface area contributed by atoms with Crippen LogP contribution in [0.25, 0.3) is 21.9 Å². The zero-order chi connectivity index (χ0) is 17.4. The third-order valence-corrected chi connectivity index (χ3v) is 4.24. The zero-order valence-corrected chi connectivity index (χ0v) is 14.1. The number of nitrogens with one attached hydrogen (secondary N) is 2. The fraction of sp³-hybridized carbons (Fsp3) is 0.111. The minimum Gasteiger partial charge on any atom is -0.493 e. The first-order chi connectivity index (χ1) is 12.1. The third kappa shape index (κ3) is 2.92. The Bertz CT molecular complexity index is 1130. The van der Waals surface area contributed by atoms with Gasteiger partial charge in [0.2, 0.25) is 5.58 Å². The molecule has 126 valence electrons. The third-order valence-electron chi connectivity index (χ3n) is 4.01. The highest BCUT2D eigenvalue weighted by atomic mass is 35.5. The number of nitrogens with zero attached hydrogens (tertiary/aromatic N) is 1. The van der Waals surface area contributed by atoms with E-state index in [2.05, 4.69) is 15.5 Å². The Morgan fingerprint density at radius 3 is 2.96 bits per heavy atom. The van der Waals surface area contributed by atoms with Crippen molar-refractivity contribution in [2.24, 2.45) is 0 Å². The van der Waals surface area contributed by atoms with Crippen molar-refractivity contribution in [3.05, 3.63) is 63.5 Å². The van der Waals surface area contributed by atoms with Crippen LogP contribution in [-0.2, 0) is 6.54 Å². The Morgan fingerprint density at radius 1 is 1.24 bits per heavy atom. The van der Waals surface area contributed by atoms with E-state index in [1.165, 1.54) is 0 Å². The number of rotatable bonds is 4. The Hall–Kier alpha value is -2.99. The molecule has 0 radical (unpaired) electrons. The summed E-state index contributed by atoms with van der Waals surface area (Å²) in [7, 11) is 1.57. The molecule has 0 aliphatic heterocycles. The van der Waals surface area contributed by atoms with Gasteiger partial charge in [-0.2, -0.15) is 0 Å². The highest BCUT2D eigenvalue weighted by Crippen LogP contribution is 2.29. The van der Waals surface area contributed by atoms with Gasteiger partial charge in [-0.1, -0.05) is 16.8 Å². The molecule has 0 spiro atoms. The van der Waals surface area contributed by atoms with Crippen LogP contribution in [0.3, 0.4) is 0 Å². The van der Waals surface area contributed by atoms with E-state index >= 15 is 0 Å². The second kappa shape index (κ2) is 6.14. The molecule has 0 amide bonds. The van der Waals surface area contributed by atoms with Crippen molar-refractivity contribution in [2.45, 2.75) is 6.54 Å². The van der Waals surface area contributed by atoms with E-state index in [9.17, 15) is 4.79 Å². The Labute approximate surface area is 147 Å². The van der Waals surface area contributed by atoms with Crippen LogP contribution in [0.2, 0.25) is 5.02 Å². The maximum atomic E-state index is 12.3. The standard InChI is InChI=1S/C18H14ClN3O3/c1-24-16-7-14(6-11-9-21-25-17(11)16)20-8-12-4-10-5-13(19)2-3-15(10)22-18(12)23/h2-7,9,20H,8H2,1H3,(H,22,23). The fourth-order valence-electron chi connectivity index (χ4n) is 2.76. The lowest BCUT2D eigenvalue weighted by Gasteiger charge is -2.09. The molecule has 25 heavy (non-hydrogen) atoms. The van der Waals surface area contributed by atoms with Crippen molar-refractivity contribution < 1.29 is 9.26 Å². The molecule has 0 saturated carbocycles. The number of halogens is 1. The smallest absolute Gasteiger partial charge is 0.253 e. The second-order valence-corrected chi connectivity index (χ2v) is 6.07. The van der Waals surface area contributed by atoms with Crippen LogP contribution < -0.4 is 15.6 Å². The van der Waals surface area contributed by atoms with Crippen LogP contribution in [0.4, 0.5) is 5.69 Å². The van der Waals surface area contributed by atoms with Crippen LogP contribution >= 0.6 is 11.6 Å². The van der Waals surface area contributed by atoms with E-state index in [0.717, 1.165) is 22.0 Å². The van der Waals surface area contributed by atoms with Gasteiger partial charge in [-0.15, -0.1) is 0 Å². The molecule has 4 rings (SSSR count). The largest absolute Gasteiger partial charge is 0.493 e. The van der Waals surface area contributed by atoms with E-state index in [0.29, 0.717) is 28.5 Å². The Kier molecular flexibility index (Phi) is 3.82. The highest BCUT2D eigenvalue weighted by Gasteiger charge is 2.10. The summed E-state index contributed by atoms with van der Waals surface area (Å²) in [6, 6.07) is 10.9. The number of fused-ring (bicyclic) bond motifs is 2. The Balaban J connectivity index is 1.66. The number of hydrogen-bond donors (Lipinski definition) is 2. The number of aromatic amines is 1. The molecule has 0 saturated heterocycles. The van der Waals surface area contributed by atoms with Gasteiger partial charge in [0.05, 0.1) is 13.3 Å². The number of anilines is 1. The normalized spacial score (nSPS) is 11.1. The monoisotopic (exact) mass is 355 g/mol. The van der Waals surface area contributed by atoms with Crippen LogP contribution in [-0.4, -0.2) is 17.3 Å². The predicted molar refractivity (Wildman–Crippen MR) is 97.5 cm³/mol. The lowest BCUT2D eigenvalue weighted by atomic mass is 10.1. The summed E-state index contributed by atoms with van der Waals surface area (Å²) in [4.78, 5) is 15.1. The van der Waals surface area contributed by atoms with E-state index in [1.54, 1.807) is 31.5 Å². The molecule has 2 heterocycles. The summed E-state index contributed by atoms with van der Waals surface area (Å²) in [6.45, 7) is 0.359. The number of hydrogen-bond acceptors (Lipinski definition) is 5. The average Bonchev–Trinajstić information content (AvgIpc) is 3.08. The highest BCUT2D eigenvalue weighted by molar-refractivity contribution is 6.31. The molecule has 0 unspecified atom stereocenters. The molecule has 0 bridgehead atoms. The molecule has 0 aliphatic carbocycles. The minimum absolute atomic E-state index is 0.139. The van der Waals surface area contributed by atoms with Gasteiger partial charge in [-0.25, -0.2) is 0 Å². The van der Waals surface area contributed by atoms with Gasteiger partial charge < -0.3 is 19.6 Å². The number of ether oxygens (including phenoxy) is 1. The second-order valence-electron chi connectivity index (χ2n) is 5.63. The van der Waals surface area contributed by atoms with Crippen LogP contribution in [0.1, 0.15) is 5.56 Å². The van der Waals surface area contributed by atoms with Crippen molar-refractivity contribution >= 4 is 39.2 Å². The molecule has 6 nitrogen and oxygen atoms in total. The van der Waals surface area contributed by atoms with Crippen LogP contribution in [0.15, 0.2) is 51.9 Å². The topological polar surface area (TPSA) is 80.1 Å². The number of benzene rings is 2. The lowest BCUT2D eigenvalue weighted by Crippen LogP contribution is -2.15. The van der Waals surface area contributed by atoms with Crippen molar-refractivity contribution in [2.75, 3.05) is 12.4 Å². The summed E-state index contributed by atoms with van der Waals surface area (Å²) in [5.74, 6) is 0.580. The predicted octanol–water partition coefficient (Wildman–Crippen LogP) is 3.94. The molecule has 2 aromatic heterocycles. The first-order valence-corrected chi connectivity index (χ1v) is 7.99. The van der Waals surface area contributed by atoms with Crippen LogP contribution in [0.5, 0.6) is 5.75 Å². The molecule has 2 aromatic carbocycles. The average molecular weight is 356 g/mol. The van der Waals surface area contributed by atoms with Crippen molar-refractivity contribution in [3.8, 4) is 5.75 Å². The number of pyridine rings is 1. The van der Waals surface area contributed by atoms with Gasteiger partial charge in [0.25, 0.3) is 5.56 Å². The van der Waals surface area contributed by atoms with E-state index < -0.39 is 0 Å². The first kappa shape index (κ1) is 15.5. The lowest BCUT2D eigenvalue weighted by molar-refractivity contribution is 0.393. The molecule has 4 aromatic rings. The maximum absolute atomic E-state index is 12.3. The molecule has 0 aliphatic rings. The van der Waals surface area contributed by atoms with Gasteiger partial charge in [0.15, 0.2) is 5.75 Å². The summed E-state index contributed by atoms with van der Waals surface area (Å²) in [5.41, 5.74) is 2.62. The number of methoxy groups -OCH3 is 1. The summed E-state index contributed by atoms with van der Waals surface area (Å²) >= 11 is 6.03. The number of H-pyrrole nitrogens is 1. The van der Waals surface area contributed by atoms with Gasteiger partial charge >= 0.3 is 0 Å². The molecule has 0 atom stereocenters. The van der Waals surface area contributed by atoms with Crippen molar-refractivity contribution in [3.63, 3.8) is 0 Å².